The summed E-state index contributed by atoms with van der Waals surface area (Å²) in [5.41, 5.74) is 4.30. The van der Waals surface area contributed by atoms with Crippen molar-refractivity contribution >= 4 is 23.5 Å². The Labute approximate surface area is 175 Å². The molecular weight excluding hydrogens is 388 g/mol. The topological polar surface area (TPSA) is 53.3 Å². The van der Waals surface area contributed by atoms with Gasteiger partial charge in [-0.15, -0.1) is 0 Å². The fourth-order valence-corrected chi connectivity index (χ4v) is 3.27. The highest BCUT2D eigenvalue weighted by atomic mass is 35.5. The molecular formula is C23H23ClN2O3. The van der Waals surface area contributed by atoms with Crippen LogP contribution in [-0.4, -0.2) is 29.8 Å². The SMILES string of the molecule is COc1ccc(C(=O)C=Cc2c(C)nn(Cc3ccc(C)cc3)c2Cl)cc1OC. The summed E-state index contributed by atoms with van der Waals surface area (Å²) in [6, 6.07) is 13.3. The third-order valence-electron chi connectivity index (χ3n) is 4.63. The van der Waals surface area contributed by atoms with Crippen molar-refractivity contribution in [3.05, 3.63) is 81.6 Å². The number of ether oxygens (including phenoxy) is 2. The van der Waals surface area contributed by atoms with Gasteiger partial charge in [0.2, 0.25) is 0 Å². The quantitative estimate of drug-likeness (QED) is 0.401. The van der Waals surface area contributed by atoms with E-state index in [0.29, 0.717) is 28.8 Å². The van der Waals surface area contributed by atoms with Crippen LogP contribution in [0.15, 0.2) is 48.5 Å². The number of carbonyl (C=O) groups excluding carboxylic acids is 1. The Balaban J connectivity index is 1.81. The molecule has 0 radical (unpaired) electrons. The maximum absolute atomic E-state index is 12.6. The summed E-state index contributed by atoms with van der Waals surface area (Å²) in [7, 11) is 3.09. The van der Waals surface area contributed by atoms with Crippen LogP contribution in [0.3, 0.4) is 0 Å². The Morgan fingerprint density at radius 3 is 2.41 bits per heavy atom. The van der Waals surface area contributed by atoms with E-state index in [9.17, 15) is 4.79 Å². The highest BCUT2D eigenvalue weighted by Gasteiger charge is 2.13. The van der Waals surface area contributed by atoms with Gasteiger partial charge in [-0.25, -0.2) is 4.68 Å². The number of benzene rings is 2. The molecule has 1 aromatic heterocycles. The molecule has 150 valence electrons. The minimum absolute atomic E-state index is 0.160. The van der Waals surface area contributed by atoms with E-state index in [1.54, 1.807) is 36.1 Å². The Morgan fingerprint density at radius 2 is 1.76 bits per heavy atom. The zero-order valence-electron chi connectivity index (χ0n) is 16.9. The van der Waals surface area contributed by atoms with Crippen LogP contribution in [0, 0.1) is 13.8 Å². The van der Waals surface area contributed by atoms with Crippen molar-refractivity contribution in [1.29, 1.82) is 0 Å². The van der Waals surface area contributed by atoms with Gasteiger partial charge in [-0.05, 0) is 49.8 Å². The van der Waals surface area contributed by atoms with Crippen LogP contribution in [-0.2, 0) is 6.54 Å². The minimum Gasteiger partial charge on any atom is -0.493 e. The van der Waals surface area contributed by atoms with Crippen LogP contribution in [0.4, 0.5) is 0 Å². The molecule has 0 bridgehead atoms. The van der Waals surface area contributed by atoms with Gasteiger partial charge in [-0.3, -0.25) is 4.79 Å². The highest BCUT2D eigenvalue weighted by molar-refractivity contribution is 6.31. The lowest BCUT2D eigenvalue weighted by molar-refractivity contribution is 0.104. The molecule has 29 heavy (non-hydrogen) atoms. The fraction of sp³-hybridized carbons (Fsp3) is 0.217. The Morgan fingerprint density at radius 1 is 1.07 bits per heavy atom. The molecule has 1 heterocycles. The number of aryl methyl sites for hydroxylation is 2. The first-order valence-electron chi connectivity index (χ1n) is 9.15. The van der Waals surface area contributed by atoms with Crippen LogP contribution in [0.5, 0.6) is 11.5 Å². The number of aromatic nitrogens is 2. The minimum atomic E-state index is -0.160. The molecule has 6 heteroatoms. The first kappa shape index (κ1) is 20.7. The molecule has 0 aliphatic rings. The molecule has 5 nitrogen and oxygen atoms in total. The van der Waals surface area contributed by atoms with Crippen molar-refractivity contribution in [3.63, 3.8) is 0 Å². The molecule has 0 fully saturated rings. The van der Waals surface area contributed by atoms with Crippen molar-refractivity contribution in [2.45, 2.75) is 20.4 Å². The van der Waals surface area contributed by atoms with E-state index < -0.39 is 0 Å². The summed E-state index contributed by atoms with van der Waals surface area (Å²) in [6.45, 7) is 4.49. The largest absolute Gasteiger partial charge is 0.493 e. The molecule has 0 amide bonds. The number of hydrogen-bond donors (Lipinski definition) is 0. The summed E-state index contributed by atoms with van der Waals surface area (Å²) in [6.07, 6.45) is 3.20. The first-order valence-corrected chi connectivity index (χ1v) is 9.53. The van der Waals surface area contributed by atoms with Crippen molar-refractivity contribution in [1.82, 2.24) is 9.78 Å². The maximum atomic E-state index is 12.6. The van der Waals surface area contributed by atoms with E-state index in [0.717, 1.165) is 16.8 Å². The van der Waals surface area contributed by atoms with E-state index in [1.165, 1.54) is 18.7 Å². The molecule has 0 atom stereocenters. The van der Waals surface area contributed by atoms with Gasteiger partial charge in [0.1, 0.15) is 5.15 Å². The molecule has 0 N–H and O–H groups in total. The van der Waals surface area contributed by atoms with Crippen molar-refractivity contribution in [2.24, 2.45) is 0 Å². The second kappa shape index (κ2) is 8.97. The molecule has 0 saturated carbocycles. The molecule has 3 rings (SSSR count). The predicted octanol–water partition coefficient (Wildman–Crippen LogP) is 5.11. The van der Waals surface area contributed by atoms with Crippen LogP contribution in [0.2, 0.25) is 5.15 Å². The number of halogens is 1. The summed E-state index contributed by atoms with van der Waals surface area (Å²) in [5, 5.41) is 5.01. The van der Waals surface area contributed by atoms with E-state index >= 15 is 0 Å². The van der Waals surface area contributed by atoms with Crippen LogP contribution >= 0.6 is 11.6 Å². The summed E-state index contributed by atoms with van der Waals surface area (Å²) in [4.78, 5) is 12.6. The third-order valence-corrected chi connectivity index (χ3v) is 5.03. The standard InChI is InChI=1S/C23H23ClN2O3/c1-15-5-7-17(8-6-15)14-26-23(24)19(16(2)25-26)10-11-20(27)18-9-12-21(28-3)22(13-18)29-4/h5-13H,14H2,1-4H3. The summed E-state index contributed by atoms with van der Waals surface area (Å²) in [5.74, 6) is 0.920. The van der Waals surface area contributed by atoms with Gasteiger partial charge in [0, 0.05) is 11.1 Å². The lowest BCUT2D eigenvalue weighted by Gasteiger charge is -2.08. The molecule has 3 aromatic rings. The predicted molar refractivity (Wildman–Crippen MR) is 115 cm³/mol. The van der Waals surface area contributed by atoms with Crippen molar-refractivity contribution in [3.8, 4) is 11.5 Å². The average Bonchev–Trinajstić information content (AvgIpc) is 2.99. The molecule has 2 aromatic carbocycles. The summed E-state index contributed by atoms with van der Waals surface area (Å²) >= 11 is 6.53. The van der Waals surface area contributed by atoms with Gasteiger partial charge in [0.25, 0.3) is 0 Å². The smallest absolute Gasteiger partial charge is 0.185 e. The molecule has 0 spiro atoms. The second-order valence-electron chi connectivity index (χ2n) is 6.70. The van der Waals surface area contributed by atoms with E-state index in [1.807, 2.05) is 13.8 Å². The third kappa shape index (κ3) is 4.69. The maximum Gasteiger partial charge on any atom is 0.185 e. The van der Waals surface area contributed by atoms with Crippen molar-refractivity contribution < 1.29 is 14.3 Å². The molecule has 0 unspecified atom stereocenters. The van der Waals surface area contributed by atoms with Gasteiger partial charge in [0.15, 0.2) is 17.3 Å². The van der Waals surface area contributed by atoms with Gasteiger partial charge in [-0.2, -0.15) is 5.10 Å². The van der Waals surface area contributed by atoms with Crippen LogP contribution < -0.4 is 9.47 Å². The van der Waals surface area contributed by atoms with Crippen LogP contribution in [0.1, 0.15) is 32.7 Å². The average molecular weight is 411 g/mol. The number of nitrogens with zero attached hydrogens (tertiary/aromatic N) is 2. The Kier molecular flexibility index (Phi) is 6.39. The zero-order chi connectivity index (χ0) is 21.0. The number of methoxy groups -OCH3 is 2. The van der Waals surface area contributed by atoms with Gasteiger partial charge >= 0.3 is 0 Å². The summed E-state index contributed by atoms with van der Waals surface area (Å²) < 4.78 is 12.2. The van der Waals surface area contributed by atoms with E-state index in [-0.39, 0.29) is 5.78 Å². The number of hydrogen-bond acceptors (Lipinski definition) is 4. The molecule has 0 aliphatic carbocycles. The highest BCUT2D eigenvalue weighted by Crippen LogP contribution is 2.28. The van der Waals surface area contributed by atoms with Gasteiger partial charge in [0.05, 0.1) is 26.5 Å². The van der Waals surface area contributed by atoms with Crippen molar-refractivity contribution in [2.75, 3.05) is 14.2 Å². The number of allylic oxidation sites excluding steroid dienone is 1. The van der Waals surface area contributed by atoms with E-state index in [4.69, 9.17) is 21.1 Å². The second-order valence-corrected chi connectivity index (χ2v) is 7.06. The normalized spacial score (nSPS) is 11.1. The first-order chi connectivity index (χ1) is 13.9. The number of ketones is 1. The zero-order valence-corrected chi connectivity index (χ0v) is 17.7. The fourth-order valence-electron chi connectivity index (χ4n) is 2.97. The van der Waals surface area contributed by atoms with E-state index in [2.05, 4.69) is 29.4 Å². The Hall–Kier alpha value is -3.05. The monoisotopic (exact) mass is 410 g/mol. The van der Waals surface area contributed by atoms with Gasteiger partial charge in [-0.1, -0.05) is 41.4 Å². The molecule has 0 aliphatic heterocycles. The Bertz CT molecular complexity index is 1050. The molecule has 0 saturated heterocycles. The number of rotatable bonds is 7. The lowest BCUT2D eigenvalue weighted by atomic mass is 10.1. The van der Waals surface area contributed by atoms with Gasteiger partial charge < -0.3 is 9.47 Å². The van der Waals surface area contributed by atoms with Crippen LogP contribution in [0.25, 0.3) is 6.08 Å². The lowest BCUT2D eigenvalue weighted by Crippen LogP contribution is -2.02. The number of carbonyl (C=O) groups is 1.